The molecule has 0 atom stereocenters. The van der Waals surface area contributed by atoms with Crippen molar-refractivity contribution in [1.82, 2.24) is 9.55 Å². The number of alkyl halides is 1. The van der Waals surface area contributed by atoms with Crippen LogP contribution in [0.15, 0.2) is 18.2 Å². The van der Waals surface area contributed by atoms with E-state index in [0.717, 1.165) is 23.3 Å². The van der Waals surface area contributed by atoms with Gasteiger partial charge in [0.25, 0.3) is 0 Å². The molecular formula is C14H16ClFN2. The number of halogens is 2. The zero-order valence-electron chi connectivity index (χ0n) is 10.2. The third-order valence-corrected chi connectivity index (χ3v) is 3.92. The van der Waals surface area contributed by atoms with Crippen LogP contribution < -0.4 is 0 Å². The summed E-state index contributed by atoms with van der Waals surface area (Å²) in [5.74, 6) is 1.33. The van der Waals surface area contributed by atoms with Crippen molar-refractivity contribution in [2.45, 2.75) is 38.1 Å². The van der Waals surface area contributed by atoms with E-state index in [2.05, 4.69) is 9.55 Å². The highest BCUT2D eigenvalue weighted by Crippen LogP contribution is 2.34. The normalized spacial score (nSPS) is 16.8. The molecule has 1 saturated carbocycles. The first-order valence-electron chi connectivity index (χ1n) is 6.52. The van der Waals surface area contributed by atoms with Gasteiger partial charge in [0.2, 0.25) is 0 Å². The Balaban J connectivity index is 2.14. The van der Waals surface area contributed by atoms with E-state index in [1.165, 1.54) is 37.8 Å². The lowest BCUT2D eigenvalue weighted by Crippen LogP contribution is -2.09. The van der Waals surface area contributed by atoms with Gasteiger partial charge in [-0.25, -0.2) is 9.37 Å². The Labute approximate surface area is 111 Å². The molecular weight excluding hydrogens is 251 g/mol. The summed E-state index contributed by atoms with van der Waals surface area (Å²) in [6.07, 6.45) is 5.67. The molecule has 2 aromatic rings. The second-order valence-corrected chi connectivity index (χ2v) is 5.29. The lowest BCUT2D eigenvalue weighted by molar-refractivity contribution is 0.513. The lowest BCUT2D eigenvalue weighted by atomic mass is 10.2. The fourth-order valence-electron chi connectivity index (χ4n) is 2.95. The van der Waals surface area contributed by atoms with Crippen molar-refractivity contribution in [3.63, 3.8) is 0 Å². The number of nitrogens with zero attached hydrogens (tertiary/aromatic N) is 2. The van der Waals surface area contributed by atoms with Gasteiger partial charge in [-0.05, 0) is 25.0 Å². The van der Waals surface area contributed by atoms with Crippen molar-refractivity contribution < 1.29 is 4.39 Å². The number of rotatable bonds is 3. The first-order chi connectivity index (χ1) is 8.79. The van der Waals surface area contributed by atoms with Gasteiger partial charge in [-0.1, -0.05) is 12.8 Å². The minimum absolute atomic E-state index is 0.226. The van der Waals surface area contributed by atoms with E-state index in [-0.39, 0.29) is 5.82 Å². The highest BCUT2D eigenvalue weighted by Gasteiger charge is 2.22. The number of aryl methyl sites for hydroxylation is 1. The maximum absolute atomic E-state index is 13.3. The number of hydrogen-bond donors (Lipinski definition) is 0. The number of imidazole rings is 1. The quantitative estimate of drug-likeness (QED) is 0.766. The molecule has 2 nitrogen and oxygen atoms in total. The summed E-state index contributed by atoms with van der Waals surface area (Å²) in [6.45, 7) is 0. The van der Waals surface area contributed by atoms with Crippen LogP contribution in [0.4, 0.5) is 4.39 Å². The van der Waals surface area contributed by atoms with Gasteiger partial charge in [0, 0.05) is 24.4 Å². The highest BCUT2D eigenvalue weighted by atomic mass is 35.5. The zero-order chi connectivity index (χ0) is 12.5. The van der Waals surface area contributed by atoms with E-state index in [1.54, 1.807) is 0 Å². The first kappa shape index (κ1) is 12.0. The Morgan fingerprint density at radius 1 is 1.33 bits per heavy atom. The number of aromatic nitrogens is 2. The SMILES string of the molecule is Fc1ccc2c(c1)nc(CCCl)n2C1CCCC1. The second-order valence-electron chi connectivity index (χ2n) is 4.91. The van der Waals surface area contributed by atoms with Crippen LogP contribution in [-0.4, -0.2) is 15.4 Å². The molecule has 3 rings (SSSR count). The summed E-state index contributed by atoms with van der Waals surface area (Å²) in [7, 11) is 0. The maximum Gasteiger partial charge on any atom is 0.125 e. The molecule has 1 aliphatic rings. The minimum atomic E-state index is -0.226. The molecule has 1 aromatic heterocycles. The van der Waals surface area contributed by atoms with Gasteiger partial charge >= 0.3 is 0 Å². The molecule has 0 spiro atoms. The van der Waals surface area contributed by atoms with Crippen LogP contribution in [0.25, 0.3) is 11.0 Å². The Morgan fingerprint density at radius 3 is 2.83 bits per heavy atom. The standard InChI is InChI=1S/C14H16ClFN2/c15-8-7-14-17-12-9-10(16)5-6-13(12)18(14)11-3-1-2-4-11/h5-6,9,11H,1-4,7-8H2. The predicted octanol–water partition coefficient (Wildman–Crippen LogP) is 4.07. The summed E-state index contributed by atoms with van der Waals surface area (Å²) in [6, 6.07) is 5.38. The molecule has 96 valence electrons. The van der Waals surface area contributed by atoms with E-state index in [0.29, 0.717) is 11.9 Å². The van der Waals surface area contributed by atoms with Crippen LogP contribution in [0.1, 0.15) is 37.5 Å². The number of hydrogen-bond acceptors (Lipinski definition) is 1. The minimum Gasteiger partial charge on any atom is -0.325 e. The van der Waals surface area contributed by atoms with Gasteiger partial charge in [-0.3, -0.25) is 0 Å². The van der Waals surface area contributed by atoms with E-state index < -0.39 is 0 Å². The second kappa shape index (κ2) is 4.88. The van der Waals surface area contributed by atoms with Crippen molar-refractivity contribution >= 4 is 22.6 Å². The average molecular weight is 267 g/mol. The lowest BCUT2D eigenvalue weighted by Gasteiger charge is -2.15. The summed E-state index contributed by atoms with van der Waals surface area (Å²) >= 11 is 5.85. The molecule has 1 aliphatic carbocycles. The van der Waals surface area contributed by atoms with Crippen molar-refractivity contribution in [2.75, 3.05) is 5.88 Å². The highest BCUT2D eigenvalue weighted by molar-refractivity contribution is 6.17. The molecule has 0 radical (unpaired) electrons. The van der Waals surface area contributed by atoms with E-state index in [9.17, 15) is 4.39 Å². The van der Waals surface area contributed by atoms with Crippen LogP contribution in [0.3, 0.4) is 0 Å². The average Bonchev–Trinajstić information content (AvgIpc) is 2.95. The molecule has 0 N–H and O–H groups in total. The molecule has 0 bridgehead atoms. The third-order valence-electron chi connectivity index (χ3n) is 3.73. The molecule has 18 heavy (non-hydrogen) atoms. The van der Waals surface area contributed by atoms with Gasteiger partial charge in [-0.15, -0.1) is 11.6 Å². The van der Waals surface area contributed by atoms with Crippen LogP contribution in [-0.2, 0) is 6.42 Å². The molecule has 0 unspecified atom stereocenters. The van der Waals surface area contributed by atoms with Gasteiger partial charge in [0.05, 0.1) is 11.0 Å². The van der Waals surface area contributed by atoms with Gasteiger partial charge in [0.15, 0.2) is 0 Å². The van der Waals surface area contributed by atoms with Crippen LogP contribution in [0, 0.1) is 5.82 Å². The Kier molecular flexibility index (Phi) is 3.25. The van der Waals surface area contributed by atoms with E-state index in [4.69, 9.17) is 11.6 Å². The fraction of sp³-hybridized carbons (Fsp3) is 0.500. The molecule has 0 saturated heterocycles. The van der Waals surface area contributed by atoms with Gasteiger partial charge < -0.3 is 4.57 Å². The van der Waals surface area contributed by atoms with Crippen molar-refractivity contribution in [3.8, 4) is 0 Å². The van der Waals surface area contributed by atoms with Crippen molar-refractivity contribution in [2.24, 2.45) is 0 Å². The molecule has 1 fully saturated rings. The fourth-order valence-corrected chi connectivity index (χ4v) is 3.12. The van der Waals surface area contributed by atoms with Crippen molar-refractivity contribution in [3.05, 3.63) is 29.8 Å². The molecule has 1 heterocycles. The Hall–Kier alpha value is -1.09. The molecule has 1 aromatic carbocycles. The van der Waals surface area contributed by atoms with Crippen LogP contribution in [0.5, 0.6) is 0 Å². The van der Waals surface area contributed by atoms with Crippen LogP contribution >= 0.6 is 11.6 Å². The number of benzene rings is 1. The molecule has 0 aliphatic heterocycles. The summed E-state index contributed by atoms with van der Waals surface area (Å²) in [5, 5.41) is 0. The summed E-state index contributed by atoms with van der Waals surface area (Å²) < 4.78 is 15.5. The third kappa shape index (κ3) is 2.01. The largest absolute Gasteiger partial charge is 0.325 e. The van der Waals surface area contributed by atoms with E-state index in [1.807, 2.05) is 6.07 Å². The first-order valence-corrected chi connectivity index (χ1v) is 7.05. The van der Waals surface area contributed by atoms with E-state index >= 15 is 0 Å². The smallest absolute Gasteiger partial charge is 0.125 e. The molecule has 0 amide bonds. The Bertz CT molecular complexity index is 558. The van der Waals surface area contributed by atoms with Crippen molar-refractivity contribution in [1.29, 1.82) is 0 Å². The maximum atomic E-state index is 13.3. The predicted molar refractivity (Wildman–Crippen MR) is 71.6 cm³/mol. The summed E-state index contributed by atoms with van der Waals surface area (Å²) in [4.78, 5) is 4.55. The number of fused-ring (bicyclic) bond motifs is 1. The monoisotopic (exact) mass is 266 g/mol. The molecule has 4 heteroatoms. The van der Waals surface area contributed by atoms with Gasteiger partial charge in [0.1, 0.15) is 11.6 Å². The topological polar surface area (TPSA) is 17.8 Å². The van der Waals surface area contributed by atoms with Crippen LogP contribution in [0.2, 0.25) is 0 Å². The van der Waals surface area contributed by atoms with Gasteiger partial charge in [-0.2, -0.15) is 0 Å². The summed E-state index contributed by atoms with van der Waals surface area (Å²) in [5.41, 5.74) is 1.80. The zero-order valence-corrected chi connectivity index (χ0v) is 11.0. The Morgan fingerprint density at radius 2 is 2.11 bits per heavy atom.